The van der Waals surface area contributed by atoms with Crippen LogP contribution in [0.5, 0.6) is 5.88 Å². The third kappa shape index (κ3) is 4.66. The van der Waals surface area contributed by atoms with Gasteiger partial charge in [-0.05, 0) is 67.9 Å². The van der Waals surface area contributed by atoms with E-state index in [-0.39, 0.29) is 23.9 Å². The minimum Gasteiger partial charge on any atom is -0.472 e. The third-order valence-electron chi connectivity index (χ3n) is 6.56. The number of carbonyl (C=O) groups excluding carboxylic acids is 1. The van der Waals surface area contributed by atoms with Crippen LogP contribution in [0.3, 0.4) is 0 Å². The van der Waals surface area contributed by atoms with Gasteiger partial charge in [0.15, 0.2) is 0 Å². The molecule has 0 bridgehead atoms. The van der Waals surface area contributed by atoms with E-state index in [1.165, 1.54) is 12.1 Å². The number of rotatable bonds is 5. The first-order chi connectivity index (χ1) is 17.4. The predicted molar refractivity (Wildman–Crippen MR) is 136 cm³/mol. The fourth-order valence-corrected chi connectivity index (χ4v) is 4.44. The van der Waals surface area contributed by atoms with E-state index in [0.717, 1.165) is 16.9 Å². The number of ether oxygens (including phenoxy) is 1. The lowest BCUT2D eigenvalue weighted by Gasteiger charge is -2.36. The van der Waals surface area contributed by atoms with Gasteiger partial charge in [-0.3, -0.25) is 14.0 Å². The fraction of sp³-hybridized carbons (Fsp3) is 0.250. The van der Waals surface area contributed by atoms with Crippen LogP contribution in [-0.4, -0.2) is 46.4 Å². The van der Waals surface area contributed by atoms with E-state index in [1.54, 1.807) is 41.7 Å². The molecule has 5 rings (SSSR count). The number of benzene rings is 2. The molecule has 1 fully saturated rings. The molecule has 3 heterocycles. The van der Waals surface area contributed by atoms with Crippen molar-refractivity contribution in [2.75, 3.05) is 31.1 Å². The molecule has 0 radical (unpaired) electrons. The Morgan fingerprint density at radius 2 is 1.64 bits per heavy atom. The molecule has 0 unspecified atom stereocenters. The first-order valence-electron chi connectivity index (χ1n) is 11.9. The Morgan fingerprint density at radius 3 is 2.33 bits per heavy atom. The first kappa shape index (κ1) is 23.5. The van der Waals surface area contributed by atoms with Gasteiger partial charge in [0.25, 0.3) is 11.5 Å². The number of nitrogens with zero attached hydrogens (tertiary/aromatic N) is 4. The average molecular weight is 487 g/mol. The van der Waals surface area contributed by atoms with Gasteiger partial charge < -0.3 is 14.5 Å². The van der Waals surface area contributed by atoms with Crippen molar-refractivity contribution in [3.8, 4) is 5.88 Å². The van der Waals surface area contributed by atoms with Gasteiger partial charge in [0.2, 0.25) is 5.88 Å². The molecule has 0 atom stereocenters. The molecule has 8 heteroatoms. The maximum Gasteiger partial charge on any atom is 0.264 e. The molecule has 0 aliphatic carbocycles. The summed E-state index contributed by atoms with van der Waals surface area (Å²) in [5.74, 6) is 0.0377. The second-order valence-corrected chi connectivity index (χ2v) is 8.95. The number of carbonyl (C=O) groups is 1. The molecular formula is C28H27FN4O3. The number of amides is 1. The van der Waals surface area contributed by atoms with Crippen LogP contribution in [-0.2, 0) is 6.61 Å². The minimum absolute atomic E-state index is 0.0170. The Hall–Kier alpha value is -4.20. The Morgan fingerprint density at radius 1 is 0.944 bits per heavy atom. The Bertz CT molecular complexity index is 1460. The highest BCUT2D eigenvalue weighted by atomic mass is 19.1. The van der Waals surface area contributed by atoms with E-state index >= 15 is 0 Å². The molecule has 7 nitrogen and oxygen atoms in total. The van der Waals surface area contributed by atoms with E-state index < -0.39 is 0 Å². The summed E-state index contributed by atoms with van der Waals surface area (Å²) < 4.78 is 20.6. The molecule has 1 amide bonds. The predicted octanol–water partition coefficient (Wildman–Crippen LogP) is 3.99. The van der Waals surface area contributed by atoms with E-state index in [1.807, 2.05) is 36.1 Å². The van der Waals surface area contributed by atoms with Gasteiger partial charge in [0.05, 0.1) is 5.56 Å². The van der Waals surface area contributed by atoms with Crippen molar-refractivity contribution in [1.29, 1.82) is 0 Å². The van der Waals surface area contributed by atoms with Crippen LogP contribution in [0.25, 0.3) is 5.65 Å². The standard InChI is InChI=1S/C28H27FN4O3/c1-19-4-3-5-25-30-26(20(2)27(34)33(19)25)36-18-21-6-8-22(9-7-21)28(35)32-16-14-31(15-17-32)24-12-10-23(29)11-13-24/h3-13H,14-18H2,1-2H3. The molecular weight excluding hydrogens is 459 g/mol. The molecule has 0 spiro atoms. The molecule has 0 saturated carbocycles. The topological polar surface area (TPSA) is 67.2 Å². The normalized spacial score (nSPS) is 13.8. The number of piperazine rings is 1. The largest absolute Gasteiger partial charge is 0.472 e. The van der Waals surface area contributed by atoms with Gasteiger partial charge in [-0.15, -0.1) is 0 Å². The van der Waals surface area contributed by atoms with Crippen LogP contribution in [0.15, 0.2) is 71.5 Å². The number of halogens is 1. The zero-order chi connectivity index (χ0) is 25.2. The van der Waals surface area contributed by atoms with Crippen molar-refractivity contribution >= 4 is 17.2 Å². The summed E-state index contributed by atoms with van der Waals surface area (Å²) >= 11 is 0. The lowest BCUT2D eigenvalue weighted by molar-refractivity contribution is 0.0746. The van der Waals surface area contributed by atoms with Crippen molar-refractivity contribution in [2.24, 2.45) is 0 Å². The van der Waals surface area contributed by atoms with Crippen LogP contribution in [0.2, 0.25) is 0 Å². The SMILES string of the molecule is Cc1c(OCc2ccc(C(=O)N3CCN(c4ccc(F)cc4)CC3)cc2)nc2cccc(C)n2c1=O. The lowest BCUT2D eigenvalue weighted by Crippen LogP contribution is -2.48. The summed E-state index contributed by atoms with van der Waals surface area (Å²) in [7, 11) is 0. The first-order valence-corrected chi connectivity index (χ1v) is 11.9. The number of anilines is 1. The van der Waals surface area contributed by atoms with Crippen molar-refractivity contribution in [2.45, 2.75) is 20.5 Å². The van der Waals surface area contributed by atoms with E-state index in [4.69, 9.17) is 4.74 Å². The smallest absolute Gasteiger partial charge is 0.264 e. The maximum atomic E-state index is 13.2. The van der Waals surface area contributed by atoms with Crippen molar-refractivity contribution < 1.29 is 13.9 Å². The van der Waals surface area contributed by atoms with E-state index in [2.05, 4.69) is 9.88 Å². The van der Waals surface area contributed by atoms with Gasteiger partial charge in [0.1, 0.15) is 18.1 Å². The molecule has 184 valence electrons. The van der Waals surface area contributed by atoms with Crippen LogP contribution < -0.4 is 15.2 Å². The number of aryl methyl sites for hydroxylation is 1. The van der Waals surface area contributed by atoms with Crippen molar-refractivity contribution in [3.05, 3.63) is 105 Å². The molecule has 1 aliphatic heterocycles. The quantitative estimate of drug-likeness (QED) is 0.427. The molecule has 0 N–H and O–H groups in total. The highest BCUT2D eigenvalue weighted by Gasteiger charge is 2.22. The van der Waals surface area contributed by atoms with Crippen molar-refractivity contribution in [3.63, 3.8) is 0 Å². The molecule has 1 aliphatic rings. The minimum atomic E-state index is -0.255. The maximum absolute atomic E-state index is 13.2. The second kappa shape index (κ2) is 9.81. The average Bonchev–Trinajstić information content (AvgIpc) is 2.90. The van der Waals surface area contributed by atoms with Gasteiger partial charge >= 0.3 is 0 Å². The number of hydrogen-bond donors (Lipinski definition) is 0. The van der Waals surface area contributed by atoms with Crippen LogP contribution >= 0.6 is 0 Å². The van der Waals surface area contributed by atoms with Gasteiger partial charge in [-0.25, -0.2) is 4.39 Å². The summed E-state index contributed by atoms with van der Waals surface area (Å²) in [5.41, 5.74) is 4.11. The molecule has 2 aromatic heterocycles. The lowest BCUT2D eigenvalue weighted by atomic mass is 10.1. The summed E-state index contributed by atoms with van der Waals surface area (Å²) in [6.45, 7) is 6.40. The fourth-order valence-electron chi connectivity index (χ4n) is 4.44. The van der Waals surface area contributed by atoms with Crippen LogP contribution in [0.1, 0.15) is 27.2 Å². The molecule has 2 aromatic carbocycles. The summed E-state index contributed by atoms with van der Waals surface area (Å²) in [5, 5.41) is 0. The third-order valence-corrected chi connectivity index (χ3v) is 6.56. The highest BCUT2D eigenvalue weighted by Crippen LogP contribution is 2.19. The van der Waals surface area contributed by atoms with E-state index in [0.29, 0.717) is 48.8 Å². The second-order valence-electron chi connectivity index (χ2n) is 8.95. The highest BCUT2D eigenvalue weighted by molar-refractivity contribution is 5.94. The summed E-state index contributed by atoms with van der Waals surface area (Å²) in [6.07, 6.45) is 0. The van der Waals surface area contributed by atoms with Gasteiger partial charge in [-0.1, -0.05) is 18.2 Å². The summed E-state index contributed by atoms with van der Waals surface area (Å²) in [4.78, 5) is 34.2. The Kier molecular flexibility index (Phi) is 6.41. The molecule has 1 saturated heterocycles. The monoisotopic (exact) mass is 486 g/mol. The zero-order valence-corrected chi connectivity index (χ0v) is 20.3. The number of fused-ring (bicyclic) bond motifs is 1. The zero-order valence-electron chi connectivity index (χ0n) is 20.3. The van der Waals surface area contributed by atoms with Crippen molar-refractivity contribution in [1.82, 2.24) is 14.3 Å². The molecule has 36 heavy (non-hydrogen) atoms. The van der Waals surface area contributed by atoms with Crippen LogP contribution in [0, 0.1) is 19.7 Å². The van der Waals surface area contributed by atoms with Crippen LogP contribution in [0.4, 0.5) is 10.1 Å². The summed E-state index contributed by atoms with van der Waals surface area (Å²) in [6, 6.07) is 19.2. The molecule has 4 aromatic rings. The number of hydrogen-bond acceptors (Lipinski definition) is 5. The van der Waals surface area contributed by atoms with Gasteiger partial charge in [-0.2, -0.15) is 4.98 Å². The van der Waals surface area contributed by atoms with Gasteiger partial charge in [0, 0.05) is 43.1 Å². The number of aromatic nitrogens is 2. The van der Waals surface area contributed by atoms with E-state index in [9.17, 15) is 14.0 Å². The number of pyridine rings is 1. The Balaban J connectivity index is 1.21. The Labute approximate surface area is 208 Å².